The van der Waals surface area contributed by atoms with Crippen molar-refractivity contribution in [1.82, 2.24) is 4.98 Å². The zero-order valence-electron chi connectivity index (χ0n) is 10.6. The number of rotatable bonds is 5. The van der Waals surface area contributed by atoms with Crippen LogP contribution in [0.1, 0.15) is 12.8 Å². The number of hydrogen-bond donors (Lipinski definition) is 0. The van der Waals surface area contributed by atoms with Crippen LogP contribution in [0.5, 0.6) is 5.88 Å². The standard InChI is InChI=1S/C13H19BrN2O2/c1-17-13-10-11(2-6-15-13)16-7-3-12(4-8-16)18-9-5-14/h2,6,10,12H,3-5,7-9H2,1H3. The molecule has 0 atom stereocenters. The normalized spacial score (nSPS) is 16.9. The van der Waals surface area contributed by atoms with Crippen molar-refractivity contribution in [2.75, 3.05) is 37.0 Å². The van der Waals surface area contributed by atoms with E-state index in [-0.39, 0.29) is 0 Å². The van der Waals surface area contributed by atoms with E-state index in [4.69, 9.17) is 9.47 Å². The number of aromatic nitrogens is 1. The van der Waals surface area contributed by atoms with Crippen molar-refractivity contribution < 1.29 is 9.47 Å². The molecule has 0 unspecified atom stereocenters. The Hall–Kier alpha value is -0.810. The fourth-order valence-electron chi connectivity index (χ4n) is 2.20. The molecule has 0 saturated carbocycles. The van der Waals surface area contributed by atoms with E-state index in [2.05, 4.69) is 25.8 Å². The van der Waals surface area contributed by atoms with Crippen molar-refractivity contribution in [3.05, 3.63) is 18.3 Å². The van der Waals surface area contributed by atoms with Crippen LogP contribution in [-0.4, -0.2) is 43.2 Å². The highest BCUT2D eigenvalue weighted by atomic mass is 79.9. The van der Waals surface area contributed by atoms with Crippen molar-refractivity contribution in [3.63, 3.8) is 0 Å². The quantitative estimate of drug-likeness (QED) is 0.782. The summed E-state index contributed by atoms with van der Waals surface area (Å²) >= 11 is 3.38. The van der Waals surface area contributed by atoms with E-state index in [1.807, 2.05) is 12.1 Å². The Morgan fingerprint density at radius 1 is 1.44 bits per heavy atom. The summed E-state index contributed by atoms with van der Waals surface area (Å²) in [5, 5.41) is 0.911. The van der Waals surface area contributed by atoms with E-state index in [9.17, 15) is 0 Å². The lowest BCUT2D eigenvalue weighted by Crippen LogP contribution is -2.37. The second-order valence-corrected chi connectivity index (χ2v) is 5.10. The van der Waals surface area contributed by atoms with Crippen LogP contribution in [-0.2, 0) is 4.74 Å². The third-order valence-corrected chi connectivity index (χ3v) is 3.49. The molecule has 1 aromatic rings. The third-order valence-electron chi connectivity index (χ3n) is 3.17. The zero-order chi connectivity index (χ0) is 12.8. The van der Waals surface area contributed by atoms with Gasteiger partial charge in [-0.25, -0.2) is 4.98 Å². The zero-order valence-corrected chi connectivity index (χ0v) is 12.2. The first-order valence-electron chi connectivity index (χ1n) is 6.26. The molecule has 1 saturated heterocycles. The Kier molecular flexibility index (Phi) is 5.26. The molecule has 0 amide bonds. The van der Waals surface area contributed by atoms with Gasteiger partial charge in [0, 0.05) is 36.4 Å². The van der Waals surface area contributed by atoms with Crippen LogP contribution < -0.4 is 9.64 Å². The molecule has 2 rings (SSSR count). The summed E-state index contributed by atoms with van der Waals surface area (Å²) in [4.78, 5) is 6.49. The van der Waals surface area contributed by atoms with Crippen LogP contribution in [0, 0.1) is 0 Å². The lowest BCUT2D eigenvalue weighted by Gasteiger charge is -2.33. The number of hydrogen-bond acceptors (Lipinski definition) is 4. The SMILES string of the molecule is COc1cc(N2CCC(OCCBr)CC2)ccn1. The fourth-order valence-corrected chi connectivity index (χ4v) is 2.39. The third kappa shape index (κ3) is 3.59. The number of methoxy groups -OCH3 is 1. The van der Waals surface area contributed by atoms with Crippen LogP contribution >= 0.6 is 15.9 Å². The molecular weight excluding hydrogens is 296 g/mol. The van der Waals surface area contributed by atoms with Crippen molar-refractivity contribution >= 4 is 21.6 Å². The second-order valence-electron chi connectivity index (χ2n) is 4.30. The number of alkyl halides is 1. The van der Waals surface area contributed by atoms with Gasteiger partial charge in [-0.05, 0) is 18.9 Å². The number of piperidine rings is 1. The minimum Gasteiger partial charge on any atom is -0.481 e. The molecule has 0 aliphatic carbocycles. The van der Waals surface area contributed by atoms with Gasteiger partial charge >= 0.3 is 0 Å². The Morgan fingerprint density at radius 3 is 2.89 bits per heavy atom. The Morgan fingerprint density at radius 2 is 2.22 bits per heavy atom. The Labute approximate surface area is 116 Å². The molecule has 18 heavy (non-hydrogen) atoms. The molecule has 0 bridgehead atoms. The molecule has 1 aliphatic rings. The van der Waals surface area contributed by atoms with Gasteiger partial charge in [0.05, 0.1) is 19.8 Å². The molecular formula is C13H19BrN2O2. The highest BCUT2D eigenvalue weighted by Gasteiger charge is 2.19. The maximum atomic E-state index is 5.75. The molecule has 1 fully saturated rings. The molecule has 0 spiro atoms. The summed E-state index contributed by atoms with van der Waals surface area (Å²) in [5.74, 6) is 0.671. The highest BCUT2D eigenvalue weighted by molar-refractivity contribution is 9.09. The lowest BCUT2D eigenvalue weighted by atomic mass is 10.1. The number of halogens is 1. The topological polar surface area (TPSA) is 34.6 Å². The molecule has 2 heterocycles. The summed E-state index contributed by atoms with van der Waals surface area (Å²) in [6, 6.07) is 4.02. The predicted octanol–water partition coefficient (Wildman–Crippen LogP) is 2.47. The maximum Gasteiger partial charge on any atom is 0.214 e. The molecule has 100 valence electrons. The van der Waals surface area contributed by atoms with Crippen LogP contribution in [0.2, 0.25) is 0 Å². The van der Waals surface area contributed by atoms with E-state index in [0.717, 1.165) is 37.9 Å². The number of ether oxygens (including phenoxy) is 2. The van der Waals surface area contributed by atoms with Gasteiger partial charge in [0.2, 0.25) is 5.88 Å². The van der Waals surface area contributed by atoms with Crippen LogP contribution in [0.15, 0.2) is 18.3 Å². The first-order valence-corrected chi connectivity index (χ1v) is 7.38. The molecule has 0 radical (unpaired) electrons. The average Bonchev–Trinajstić information content (AvgIpc) is 2.46. The molecule has 1 aromatic heterocycles. The molecule has 0 aromatic carbocycles. The van der Waals surface area contributed by atoms with Crippen LogP contribution in [0.25, 0.3) is 0 Å². The minimum atomic E-state index is 0.405. The van der Waals surface area contributed by atoms with E-state index in [1.54, 1.807) is 13.3 Å². The summed E-state index contributed by atoms with van der Waals surface area (Å²) < 4.78 is 10.9. The van der Waals surface area contributed by atoms with Crippen molar-refractivity contribution in [3.8, 4) is 5.88 Å². The number of anilines is 1. The first-order chi connectivity index (χ1) is 8.83. The molecule has 4 nitrogen and oxygen atoms in total. The summed E-state index contributed by atoms with van der Waals surface area (Å²) in [7, 11) is 1.65. The Balaban J connectivity index is 1.88. The van der Waals surface area contributed by atoms with Gasteiger partial charge in [-0.2, -0.15) is 0 Å². The summed E-state index contributed by atoms with van der Waals surface area (Å²) in [5.41, 5.74) is 1.18. The van der Waals surface area contributed by atoms with Gasteiger partial charge in [-0.3, -0.25) is 0 Å². The smallest absolute Gasteiger partial charge is 0.214 e. The first kappa shape index (κ1) is 13.6. The second kappa shape index (κ2) is 6.95. The summed E-state index contributed by atoms with van der Waals surface area (Å²) in [6.07, 6.45) is 4.36. The lowest BCUT2D eigenvalue weighted by molar-refractivity contribution is 0.0481. The molecule has 0 N–H and O–H groups in total. The van der Waals surface area contributed by atoms with E-state index >= 15 is 0 Å². The van der Waals surface area contributed by atoms with Crippen LogP contribution in [0.4, 0.5) is 5.69 Å². The number of nitrogens with zero attached hydrogens (tertiary/aromatic N) is 2. The summed E-state index contributed by atoms with van der Waals surface area (Å²) in [6.45, 7) is 2.86. The van der Waals surface area contributed by atoms with Gasteiger partial charge in [0.1, 0.15) is 0 Å². The van der Waals surface area contributed by atoms with Gasteiger partial charge in [0.15, 0.2) is 0 Å². The predicted molar refractivity (Wildman–Crippen MR) is 75.8 cm³/mol. The maximum absolute atomic E-state index is 5.75. The van der Waals surface area contributed by atoms with E-state index in [1.165, 1.54) is 5.69 Å². The highest BCUT2D eigenvalue weighted by Crippen LogP contribution is 2.23. The van der Waals surface area contributed by atoms with Crippen molar-refractivity contribution in [2.45, 2.75) is 18.9 Å². The van der Waals surface area contributed by atoms with Gasteiger partial charge < -0.3 is 14.4 Å². The van der Waals surface area contributed by atoms with Gasteiger partial charge in [-0.1, -0.05) is 15.9 Å². The van der Waals surface area contributed by atoms with Gasteiger partial charge in [0.25, 0.3) is 0 Å². The van der Waals surface area contributed by atoms with E-state index in [0.29, 0.717) is 12.0 Å². The molecule has 1 aliphatic heterocycles. The molecule has 5 heteroatoms. The van der Waals surface area contributed by atoms with Crippen molar-refractivity contribution in [2.24, 2.45) is 0 Å². The number of pyridine rings is 1. The van der Waals surface area contributed by atoms with Crippen molar-refractivity contribution in [1.29, 1.82) is 0 Å². The largest absolute Gasteiger partial charge is 0.481 e. The Bertz CT molecular complexity index is 368. The minimum absolute atomic E-state index is 0.405. The van der Waals surface area contributed by atoms with Crippen LogP contribution in [0.3, 0.4) is 0 Å². The fraction of sp³-hybridized carbons (Fsp3) is 0.615. The van der Waals surface area contributed by atoms with Gasteiger partial charge in [-0.15, -0.1) is 0 Å². The van der Waals surface area contributed by atoms with E-state index < -0.39 is 0 Å². The average molecular weight is 315 g/mol. The monoisotopic (exact) mass is 314 g/mol.